The Balaban J connectivity index is 1.56. The molecule has 152 valence electrons. The number of aromatic nitrogens is 3. The second-order valence-corrected chi connectivity index (χ2v) is 10.7. The highest BCUT2D eigenvalue weighted by molar-refractivity contribution is 7.92. The van der Waals surface area contributed by atoms with Crippen LogP contribution in [-0.2, 0) is 25.8 Å². The van der Waals surface area contributed by atoms with Gasteiger partial charge in [0.15, 0.2) is 20.8 Å². The van der Waals surface area contributed by atoms with Crippen LogP contribution in [0.1, 0.15) is 43.2 Å². The molecule has 1 aliphatic carbocycles. The molecule has 0 N–H and O–H groups in total. The van der Waals surface area contributed by atoms with Crippen molar-refractivity contribution in [1.29, 1.82) is 0 Å². The van der Waals surface area contributed by atoms with Crippen LogP contribution in [0.25, 0.3) is 0 Å². The van der Waals surface area contributed by atoms with Crippen molar-refractivity contribution < 1.29 is 22.3 Å². The van der Waals surface area contributed by atoms with E-state index in [1.807, 2.05) is 0 Å². The summed E-state index contributed by atoms with van der Waals surface area (Å²) in [6, 6.07) is -0.599. The number of carbonyl (C=O) groups is 1. The van der Waals surface area contributed by atoms with E-state index < -0.39 is 21.0 Å². The van der Waals surface area contributed by atoms with E-state index in [1.54, 1.807) is 0 Å². The Bertz CT molecular complexity index is 946. The van der Waals surface area contributed by atoms with Crippen LogP contribution in [0, 0.1) is 11.0 Å². The summed E-state index contributed by atoms with van der Waals surface area (Å²) in [6.07, 6.45) is 7.52. The van der Waals surface area contributed by atoms with E-state index in [-0.39, 0.29) is 22.3 Å². The largest absolute Gasteiger partial charge is 0.381 e. The van der Waals surface area contributed by atoms with Crippen LogP contribution >= 0.6 is 11.3 Å². The van der Waals surface area contributed by atoms with E-state index in [4.69, 9.17) is 4.74 Å². The topological polar surface area (TPSA) is 91.1 Å². The number of nitrogens with zero attached hydrogens (tertiary/aromatic N) is 3. The fraction of sp³-hybridized carbons (Fsp3) is 0.611. The Morgan fingerprint density at radius 1 is 1.29 bits per heavy atom. The number of hydrogen-bond acceptors (Lipinski definition) is 7. The van der Waals surface area contributed by atoms with Gasteiger partial charge in [0.25, 0.3) is 0 Å². The van der Waals surface area contributed by atoms with Gasteiger partial charge < -0.3 is 4.74 Å². The number of ketones is 1. The molecule has 2 aromatic rings. The van der Waals surface area contributed by atoms with Gasteiger partial charge >= 0.3 is 0 Å². The van der Waals surface area contributed by atoms with E-state index >= 15 is 0 Å². The fourth-order valence-corrected chi connectivity index (χ4v) is 5.77. The third-order valence-electron chi connectivity index (χ3n) is 5.31. The molecule has 28 heavy (non-hydrogen) atoms. The number of thiazole rings is 1. The quantitative estimate of drug-likeness (QED) is 0.643. The molecule has 0 bridgehead atoms. The first kappa shape index (κ1) is 19.7. The maximum Gasteiger partial charge on any atom is 0.196 e. The van der Waals surface area contributed by atoms with E-state index in [1.165, 1.54) is 17.1 Å². The SMILES string of the molecule is O=C(Cc1ncc(F)s1)C(CC1CCOCC1)n1cc(S(=O)(=O)C2CC2)cn1. The molecule has 3 heterocycles. The van der Waals surface area contributed by atoms with Crippen molar-refractivity contribution in [2.24, 2.45) is 5.92 Å². The standard InChI is InChI=1S/C18H22FN3O4S2/c19-17-10-20-18(27-17)8-16(23)15(7-12-3-5-26-6-4-12)22-11-14(9-21-22)28(24,25)13-1-2-13/h9-13,15H,1-8H2. The monoisotopic (exact) mass is 427 g/mol. The molecule has 1 atom stereocenters. The molecular weight excluding hydrogens is 405 g/mol. The van der Waals surface area contributed by atoms with Gasteiger partial charge in [0.1, 0.15) is 15.9 Å². The zero-order chi connectivity index (χ0) is 19.7. The van der Waals surface area contributed by atoms with Crippen molar-refractivity contribution in [3.05, 3.63) is 28.7 Å². The van der Waals surface area contributed by atoms with Gasteiger partial charge in [0.2, 0.25) is 0 Å². The van der Waals surface area contributed by atoms with Gasteiger partial charge in [0, 0.05) is 19.4 Å². The van der Waals surface area contributed by atoms with Crippen LogP contribution in [0.5, 0.6) is 0 Å². The maximum atomic E-state index is 13.2. The number of Topliss-reactive ketones (excluding diaryl/α,β-unsaturated/α-hetero) is 1. The molecule has 1 unspecified atom stereocenters. The molecular formula is C18H22FN3O4S2. The van der Waals surface area contributed by atoms with Crippen molar-refractivity contribution in [2.45, 2.75) is 54.7 Å². The molecule has 0 radical (unpaired) electrons. The summed E-state index contributed by atoms with van der Waals surface area (Å²) in [5.41, 5.74) is 0. The summed E-state index contributed by atoms with van der Waals surface area (Å²) in [4.78, 5) is 17.1. The summed E-state index contributed by atoms with van der Waals surface area (Å²) >= 11 is 0.852. The molecule has 2 aliphatic rings. The first-order valence-corrected chi connectivity index (χ1v) is 11.8. The number of rotatable bonds is 8. The lowest BCUT2D eigenvalue weighted by Gasteiger charge is -2.26. The van der Waals surface area contributed by atoms with Gasteiger partial charge in [-0.05, 0) is 38.0 Å². The van der Waals surface area contributed by atoms with Crippen molar-refractivity contribution in [3.63, 3.8) is 0 Å². The second-order valence-electron chi connectivity index (χ2n) is 7.41. The Morgan fingerprint density at radius 3 is 2.68 bits per heavy atom. The molecule has 7 nitrogen and oxygen atoms in total. The summed E-state index contributed by atoms with van der Waals surface area (Å²) in [5, 5.41) is 3.88. The minimum absolute atomic E-state index is 0.00699. The molecule has 1 aliphatic heterocycles. The smallest absolute Gasteiger partial charge is 0.196 e. The minimum Gasteiger partial charge on any atom is -0.381 e. The zero-order valence-corrected chi connectivity index (χ0v) is 16.9. The summed E-state index contributed by atoms with van der Waals surface area (Å²) < 4.78 is 45.1. The van der Waals surface area contributed by atoms with Gasteiger partial charge in [-0.1, -0.05) is 11.3 Å². The van der Waals surface area contributed by atoms with E-state index in [2.05, 4.69) is 10.1 Å². The average molecular weight is 428 g/mol. The molecule has 0 amide bonds. The van der Waals surface area contributed by atoms with Crippen LogP contribution in [0.4, 0.5) is 4.39 Å². The van der Waals surface area contributed by atoms with Gasteiger partial charge in [0.05, 0.1) is 24.1 Å². The Kier molecular flexibility index (Phi) is 5.62. The predicted molar refractivity (Wildman–Crippen MR) is 100 cm³/mol. The highest BCUT2D eigenvalue weighted by Crippen LogP contribution is 2.34. The number of carbonyl (C=O) groups excluding carboxylic acids is 1. The van der Waals surface area contributed by atoms with Crippen LogP contribution < -0.4 is 0 Å². The molecule has 2 fully saturated rings. The lowest BCUT2D eigenvalue weighted by molar-refractivity contribution is -0.122. The Morgan fingerprint density at radius 2 is 2.04 bits per heavy atom. The fourth-order valence-electron chi connectivity index (χ4n) is 3.53. The third kappa shape index (κ3) is 4.33. The first-order valence-electron chi connectivity index (χ1n) is 9.42. The van der Waals surface area contributed by atoms with E-state index in [0.29, 0.717) is 43.4 Å². The van der Waals surface area contributed by atoms with Crippen LogP contribution in [-0.4, -0.2) is 47.4 Å². The van der Waals surface area contributed by atoms with Crippen molar-refractivity contribution >= 4 is 27.0 Å². The lowest BCUT2D eigenvalue weighted by atomic mass is 9.90. The molecule has 0 spiro atoms. The molecule has 4 rings (SSSR count). The van der Waals surface area contributed by atoms with Crippen molar-refractivity contribution in [2.75, 3.05) is 13.2 Å². The van der Waals surface area contributed by atoms with Crippen molar-refractivity contribution in [1.82, 2.24) is 14.8 Å². The normalized spacial score (nSPS) is 19.6. The molecule has 1 saturated heterocycles. The number of sulfone groups is 1. The average Bonchev–Trinajstić information content (AvgIpc) is 3.30. The highest BCUT2D eigenvalue weighted by Gasteiger charge is 2.38. The number of hydrogen-bond donors (Lipinski definition) is 0. The number of halogens is 1. The molecule has 2 aromatic heterocycles. The Labute approximate surface area is 166 Å². The minimum atomic E-state index is -3.37. The van der Waals surface area contributed by atoms with E-state index in [0.717, 1.165) is 30.4 Å². The van der Waals surface area contributed by atoms with Gasteiger partial charge in [-0.3, -0.25) is 9.48 Å². The molecule has 0 aromatic carbocycles. The van der Waals surface area contributed by atoms with Crippen molar-refractivity contribution in [3.8, 4) is 0 Å². The molecule has 10 heteroatoms. The van der Waals surface area contributed by atoms with Gasteiger partial charge in [-0.25, -0.2) is 13.4 Å². The summed E-state index contributed by atoms with van der Waals surface area (Å²) in [7, 11) is -3.37. The highest BCUT2D eigenvalue weighted by atomic mass is 32.2. The second kappa shape index (κ2) is 8.00. The predicted octanol–water partition coefficient (Wildman–Crippen LogP) is 2.58. The maximum absolute atomic E-state index is 13.2. The molecule has 1 saturated carbocycles. The first-order chi connectivity index (χ1) is 13.4. The van der Waals surface area contributed by atoms with Gasteiger partial charge in [-0.15, -0.1) is 0 Å². The van der Waals surface area contributed by atoms with Crippen LogP contribution in [0.3, 0.4) is 0 Å². The van der Waals surface area contributed by atoms with E-state index in [9.17, 15) is 17.6 Å². The van der Waals surface area contributed by atoms with Crippen LogP contribution in [0.15, 0.2) is 23.5 Å². The third-order valence-corrected chi connectivity index (χ3v) is 8.31. The summed E-state index contributed by atoms with van der Waals surface area (Å²) in [6.45, 7) is 1.31. The Hall–Kier alpha value is -1.65. The number of ether oxygens (including phenoxy) is 1. The summed E-state index contributed by atoms with van der Waals surface area (Å²) in [5.74, 6) is 0.155. The zero-order valence-electron chi connectivity index (χ0n) is 15.3. The van der Waals surface area contributed by atoms with Gasteiger partial charge in [-0.2, -0.15) is 9.49 Å². The van der Waals surface area contributed by atoms with Crippen LogP contribution in [0.2, 0.25) is 0 Å². The lowest BCUT2D eigenvalue weighted by Crippen LogP contribution is -2.27.